The Labute approximate surface area is 179 Å². The number of ether oxygens (including phenoxy) is 1. The third kappa shape index (κ3) is 4.69. The fourth-order valence-electron chi connectivity index (χ4n) is 3.33. The summed E-state index contributed by atoms with van der Waals surface area (Å²) < 4.78 is 6.55. The first-order valence-corrected chi connectivity index (χ1v) is 10.0. The second-order valence-corrected chi connectivity index (χ2v) is 7.04. The monoisotopic (exact) mass is 423 g/mol. The molecular formula is C23H25N3O5. The molecule has 2 aromatic carbocycles. The Bertz CT molecular complexity index is 1180. The van der Waals surface area contributed by atoms with Crippen molar-refractivity contribution in [1.82, 2.24) is 9.99 Å². The molecule has 0 atom stereocenters. The van der Waals surface area contributed by atoms with Gasteiger partial charge in [0.15, 0.2) is 11.5 Å². The summed E-state index contributed by atoms with van der Waals surface area (Å²) in [5, 5.41) is 24.6. The molecule has 0 aliphatic heterocycles. The molecule has 0 fully saturated rings. The third-order valence-electron chi connectivity index (χ3n) is 4.94. The molecule has 0 saturated heterocycles. The van der Waals surface area contributed by atoms with Gasteiger partial charge >= 0.3 is 0 Å². The quantitative estimate of drug-likeness (QED) is 0.292. The number of nitrogens with zero attached hydrogens (tertiary/aromatic N) is 2. The smallest absolute Gasteiger partial charge is 0.280 e. The molecule has 8 heteroatoms. The van der Waals surface area contributed by atoms with Crippen molar-refractivity contribution in [2.45, 2.75) is 32.7 Å². The van der Waals surface area contributed by atoms with Crippen molar-refractivity contribution in [3.8, 4) is 17.2 Å². The molecule has 3 rings (SSSR count). The lowest BCUT2D eigenvalue weighted by atomic mass is 10.1. The number of unbranched alkanes of at least 4 members (excludes halogenated alkanes) is 2. The highest BCUT2D eigenvalue weighted by atomic mass is 16.5. The van der Waals surface area contributed by atoms with Gasteiger partial charge < -0.3 is 19.5 Å². The Kier molecular flexibility index (Phi) is 6.92. The van der Waals surface area contributed by atoms with Crippen LogP contribution in [0.2, 0.25) is 0 Å². The highest BCUT2D eigenvalue weighted by Gasteiger charge is 2.21. The molecule has 8 nitrogen and oxygen atoms in total. The predicted molar refractivity (Wildman–Crippen MR) is 119 cm³/mol. The molecule has 0 unspecified atom stereocenters. The largest absolute Gasteiger partial charge is 0.506 e. The van der Waals surface area contributed by atoms with Crippen LogP contribution in [0.1, 0.15) is 42.1 Å². The van der Waals surface area contributed by atoms with Crippen molar-refractivity contribution in [1.29, 1.82) is 0 Å². The second kappa shape index (κ2) is 9.80. The van der Waals surface area contributed by atoms with Gasteiger partial charge in [0, 0.05) is 11.9 Å². The summed E-state index contributed by atoms with van der Waals surface area (Å²) in [4.78, 5) is 25.8. The van der Waals surface area contributed by atoms with E-state index in [1.54, 1.807) is 36.4 Å². The number of hydrogen-bond acceptors (Lipinski definition) is 6. The molecule has 3 N–H and O–H groups in total. The number of pyridine rings is 1. The maximum atomic E-state index is 13.0. The highest BCUT2D eigenvalue weighted by molar-refractivity contribution is 6.02. The number of aryl methyl sites for hydroxylation is 1. The molecule has 0 radical (unpaired) electrons. The summed E-state index contributed by atoms with van der Waals surface area (Å²) in [7, 11) is 1.42. The number of methoxy groups -OCH3 is 1. The van der Waals surface area contributed by atoms with Crippen LogP contribution in [0.5, 0.6) is 17.2 Å². The van der Waals surface area contributed by atoms with Crippen molar-refractivity contribution >= 4 is 23.0 Å². The number of phenolic OH excluding ortho intramolecular Hbond substituents is 1. The van der Waals surface area contributed by atoms with Gasteiger partial charge in [-0.2, -0.15) is 5.10 Å². The van der Waals surface area contributed by atoms with E-state index in [-0.39, 0.29) is 22.8 Å². The Balaban J connectivity index is 1.92. The first kappa shape index (κ1) is 21.9. The van der Waals surface area contributed by atoms with E-state index in [2.05, 4.69) is 17.5 Å². The SMILES string of the molecule is CCCCCn1c(=O)c(C(=O)N/N=C/c2ccc(O)c(OC)c2)c(O)c2ccccc21. The lowest BCUT2D eigenvalue weighted by molar-refractivity contribution is 0.0950. The van der Waals surface area contributed by atoms with E-state index < -0.39 is 11.5 Å². The Hall–Kier alpha value is -3.81. The molecule has 1 amide bonds. The maximum Gasteiger partial charge on any atom is 0.280 e. The zero-order valence-corrected chi connectivity index (χ0v) is 17.5. The van der Waals surface area contributed by atoms with E-state index in [4.69, 9.17) is 4.74 Å². The van der Waals surface area contributed by atoms with Crippen molar-refractivity contribution in [2.75, 3.05) is 7.11 Å². The minimum atomic E-state index is -0.806. The van der Waals surface area contributed by atoms with Crippen LogP contribution in [0.15, 0.2) is 52.4 Å². The Morgan fingerprint density at radius 2 is 1.97 bits per heavy atom. The van der Waals surface area contributed by atoms with Crippen molar-refractivity contribution in [2.24, 2.45) is 5.10 Å². The molecular weight excluding hydrogens is 398 g/mol. The average Bonchev–Trinajstić information content (AvgIpc) is 2.77. The van der Waals surface area contributed by atoms with Crippen LogP contribution in [-0.2, 0) is 6.54 Å². The lowest BCUT2D eigenvalue weighted by Crippen LogP contribution is -2.31. The van der Waals surface area contributed by atoms with Gasteiger partial charge in [0.05, 0.1) is 18.8 Å². The number of para-hydroxylation sites is 1. The number of aromatic hydroxyl groups is 2. The number of carbonyl (C=O) groups excluding carboxylic acids is 1. The predicted octanol–water partition coefficient (Wildman–Crippen LogP) is 3.38. The number of rotatable bonds is 8. The van der Waals surface area contributed by atoms with Gasteiger partial charge in [-0.3, -0.25) is 9.59 Å². The number of fused-ring (bicyclic) bond motifs is 1. The van der Waals surface area contributed by atoms with Crippen LogP contribution in [0.3, 0.4) is 0 Å². The fourth-order valence-corrected chi connectivity index (χ4v) is 3.33. The first-order chi connectivity index (χ1) is 15.0. The van der Waals surface area contributed by atoms with Gasteiger partial charge in [0.25, 0.3) is 11.5 Å². The molecule has 0 aliphatic rings. The molecule has 1 heterocycles. The van der Waals surface area contributed by atoms with E-state index in [9.17, 15) is 19.8 Å². The molecule has 0 saturated carbocycles. The van der Waals surface area contributed by atoms with Crippen LogP contribution >= 0.6 is 0 Å². The molecule has 3 aromatic rings. The van der Waals surface area contributed by atoms with Crippen LogP contribution in [0, 0.1) is 0 Å². The van der Waals surface area contributed by atoms with E-state index in [0.717, 1.165) is 19.3 Å². The van der Waals surface area contributed by atoms with Crippen LogP contribution < -0.4 is 15.7 Å². The minimum Gasteiger partial charge on any atom is -0.506 e. The summed E-state index contributed by atoms with van der Waals surface area (Å²) in [6.07, 6.45) is 4.07. The lowest BCUT2D eigenvalue weighted by Gasteiger charge is -2.14. The van der Waals surface area contributed by atoms with Crippen molar-refractivity contribution < 1.29 is 19.7 Å². The zero-order chi connectivity index (χ0) is 22.4. The van der Waals surface area contributed by atoms with Crippen molar-refractivity contribution in [3.05, 3.63) is 63.9 Å². The number of carbonyl (C=O) groups is 1. The fraction of sp³-hybridized carbons (Fsp3) is 0.261. The number of nitrogens with one attached hydrogen (secondary N) is 1. The van der Waals surface area contributed by atoms with Gasteiger partial charge in [-0.15, -0.1) is 0 Å². The Morgan fingerprint density at radius 1 is 1.19 bits per heavy atom. The minimum absolute atomic E-state index is 0.0200. The third-order valence-corrected chi connectivity index (χ3v) is 4.94. The van der Waals surface area contributed by atoms with Crippen LogP contribution in [0.4, 0.5) is 0 Å². The first-order valence-electron chi connectivity index (χ1n) is 10.0. The molecule has 31 heavy (non-hydrogen) atoms. The number of hydrogen-bond donors (Lipinski definition) is 3. The van der Waals surface area contributed by atoms with Gasteiger partial charge in [-0.1, -0.05) is 31.9 Å². The summed E-state index contributed by atoms with van der Waals surface area (Å²) in [5.41, 5.74) is 2.52. The Morgan fingerprint density at radius 3 is 2.71 bits per heavy atom. The highest BCUT2D eigenvalue weighted by Crippen LogP contribution is 2.27. The zero-order valence-electron chi connectivity index (χ0n) is 17.5. The normalized spacial score (nSPS) is 11.2. The van der Waals surface area contributed by atoms with E-state index in [1.807, 2.05) is 0 Å². The maximum absolute atomic E-state index is 13.0. The standard InChI is InChI=1S/C23H25N3O5/c1-3-4-7-12-26-17-9-6-5-8-16(17)21(28)20(23(26)30)22(29)25-24-14-15-10-11-18(27)19(13-15)31-2/h5-6,8-11,13-14,27-28H,3-4,7,12H2,1-2H3,(H,25,29)/b24-14+. The number of benzene rings is 2. The molecule has 1 aromatic heterocycles. The summed E-state index contributed by atoms with van der Waals surface area (Å²) in [5.74, 6) is -0.934. The van der Waals surface area contributed by atoms with Gasteiger partial charge in [0.1, 0.15) is 11.3 Å². The average molecular weight is 423 g/mol. The van der Waals surface area contributed by atoms with Gasteiger partial charge in [0.2, 0.25) is 0 Å². The van der Waals surface area contributed by atoms with Crippen molar-refractivity contribution in [3.63, 3.8) is 0 Å². The number of phenols is 1. The van der Waals surface area contributed by atoms with Gasteiger partial charge in [-0.05, 0) is 42.3 Å². The molecule has 0 aliphatic carbocycles. The van der Waals surface area contributed by atoms with Gasteiger partial charge in [-0.25, -0.2) is 5.43 Å². The number of aromatic nitrogens is 1. The number of amides is 1. The molecule has 0 spiro atoms. The number of hydrazone groups is 1. The van der Waals surface area contributed by atoms with E-state index in [1.165, 1.54) is 24.0 Å². The summed E-state index contributed by atoms with van der Waals surface area (Å²) in [6.45, 7) is 2.52. The van der Waals surface area contributed by atoms with Crippen LogP contribution in [-0.4, -0.2) is 34.0 Å². The van der Waals surface area contributed by atoms with Crippen LogP contribution in [0.25, 0.3) is 10.9 Å². The summed E-state index contributed by atoms with van der Waals surface area (Å²) >= 11 is 0. The van der Waals surface area contributed by atoms with E-state index >= 15 is 0 Å². The molecule has 0 bridgehead atoms. The molecule has 162 valence electrons. The van der Waals surface area contributed by atoms with E-state index in [0.29, 0.717) is 23.0 Å². The summed E-state index contributed by atoms with van der Waals surface area (Å²) in [6, 6.07) is 11.5. The second-order valence-electron chi connectivity index (χ2n) is 7.04. The topological polar surface area (TPSA) is 113 Å².